The molecule has 0 saturated heterocycles. The highest BCUT2D eigenvalue weighted by molar-refractivity contribution is 7.80. The third kappa shape index (κ3) is 7.71. The van der Waals surface area contributed by atoms with E-state index in [-0.39, 0.29) is 5.63 Å². The number of thiocarbonyl (C=S) groups is 1. The van der Waals surface area contributed by atoms with E-state index in [1.165, 1.54) is 57.4 Å². The van der Waals surface area contributed by atoms with E-state index in [0.29, 0.717) is 10.7 Å². The van der Waals surface area contributed by atoms with Gasteiger partial charge in [-0.3, -0.25) is 0 Å². The van der Waals surface area contributed by atoms with E-state index in [4.69, 9.17) is 16.6 Å². The maximum Gasteiger partial charge on any atom is 0.336 e. The third-order valence-electron chi connectivity index (χ3n) is 4.78. The molecule has 2 N–H and O–H groups in total. The van der Waals surface area contributed by atoms with Gasteiger partial charge in [0.2, 0.25) is 0 Å². The Balaban J connectivity index is 1.65. The summed E-state index contributed by atoms with van der Waals surface area (Å²) in [6.07, 6.45) is 11.8. The fraction of sp³-hybridized carbons (Fsp3) is 0.545. The zero-order valence-corrected chi connectivity index (χ0v) is 17.4. The molecule has 2 rings (SSSR count). The van der Waals surface area contributed by atoms with Crippen LogP contribution in [-0.4, -0.2) is 11.7 Å². The molecule has 0 spiro atoms. The number of benzene rings is 1. The van der Waals surface area contributed by atoms with E-state index in [0.717, 1.165) is 29.6 Å². The van der Waals surface area contributed by atoms with Crippen molar-refractivity contribution >= 4 is 34.0 Å². The number of unbranched alkanes of at least 4 members (excludes halogenated alkanes) is 8. The minimum Gasteiger partial charge on any atom is -0.423 e. The average molecular weight is 389 g/mol. The van der Waals surface area contributed by atoms with Gasteiger partial charge in [-0.1, -0.05) is 58.3 Å². The van der Waals surface area contributed by atoms with E-state index < -0.39 is 0 Å². The van der Waals surface area contributed by atoms with Gasteiger partial charge in [0.25, 0.3) is 0 Å². The van der Waals surface area contributed by atoms with Crippen LogP contribution in [0.3, 0.4) is 0 Å². The molecule has 0 atom stereocenters. The average Bonchev–Trinajstić information content (AvgIpc) is 2.62. The molecule has 0 saturated carbocycles. The Hall–Kier alpha value is -1.88. The molecule has 2 aromatic rings. The summed E-state index contributed by atoms with van der Waals surface area (Å²) < 4.78 is 5.27. The number of hydrogen-bond acceptors (Lipinski definition) is 3. The predicted molar refractivity (Wildman–Crippen MR) is 119 cm³/mol. The fourth-order valence-electron chi connectivity index (χ4n) is 3.22. The van der Waals surface area contributed by atoms with Crippen LogP contribution in [-0.2, 0) is 0 Å². The van der Waals surface area contributed by atoms with Crippen molar-refractivity contribution in [2.75, 3.05) is 11.9 Å². The molecule has 0 amide bonds. The van der Waals surface area contributed by atoms with Crippen molar-refractivity contribution < 1.29 is 4.42 Å². The summed E-state index contributed by atoms with van der Waals surface area (Å²) in [4.78, 5) is 11.5. The van der Waals surface area contributed by atoms with Gasteiger partial charge in [0, 0.05) is 29.8 Å². The molecule has 0 aliphatic heterocycles. The van der Waals surface area contributed by atoms with E-state index in [2.05, 4.69) is 17.6 Å². The van der Waals surface area contributed by atoms with Crippen LogP contribution >= 0.6 is 12.2 Å². The van der Waals surface area contributed by atoms with Crippen LogP contribution in [0.4, 0.5) is 5.69 Å². The van der Waals surface area contributed by atoms with Gasteiger partial charge in [-0.15, -0.1) is 0 Å². The van der Waals surface area contributed by atoms with E-state index in [1.54, 1.807) is 0 Å². The Kier molecular flexibility index (Phi) is 9.32. The molecule has 5 heteroatoms. The summed E-state index contributed by atoms with van der Waals surface area (Å²) in [5.41, 5.74) is 1.98. The van der Waals surface area contributed by atoms with Crippen LogP contribution in [0, 0.1) is 6.92 Å². The molecule has 148 valence electrons. The third-order valence-corrected chi connectivity index (χ3v) is 5.02. The molecule has 0 aliphatic carbocycles. The number of anilines is 1. The van der Waals surface area contributed by atoms with Crippen molar-refractivity contribution in [3.05, 3.63) is 40.2 Å². The smallest absolute Gasteiger partial charge is 0.336 e. The standard InChI is InChI=1S/C22H32N2O2S/c1-3-4-5-6-7-8-9-10-11-14-23-22(27)24-18-12-13-19-17(2)15-21(25)26-20(19)16-18/h12-13,15-16H,3-11,14H2,1-2H3,(H2,23,24,27). The molecule has 27 heavy (non-hydrogen) atoms. The largest absolute Gasteiger partial charge is 0.423 e. The zero-order chi connectivity index (χ0) is 19.5. The highest BCUT2D eigenvalue weighted by atomic mass is 32.1. The first-order chi connectivity index (χ1) is 13.1. The molecule has 0 unspecified atom stereocenters. The number of hydrogen-bond donors (Lipinski definition) is 2. The zero-order valence-electron chi connectivity index (χ0n) is 16.6. The molecule has 1 heterocycles. The molecule has 0 radical (unpaired) electrons. The first kappa shape index (κ1) is 21.4. The Labute approximate surface area is 167 Å². The predicted octanol–water partition coefficient (Wildman–Crippen LogP) is 5.92. The quantitative estimate of drug-likeness (QED) is 0.284. The van der Waals surface area contributed by atoms with Gasteiger partial charge in [0.1, 0.15) is 5.58 Å². The Morgan fingerprint density at radius 1 is 1.00 bits per heavy atom. The van der Waals surface area contributed by atoms with Crippen LogP contribution in [0.25, 0.3) is 11.0 Å². The van der Waals surface area contributed by atoms with Gasteiger partial charge in [-0.05, 0) is 43.3 Å². The molecule has 4 nitrogen and oxygen atoms in total. The minimum atomic E-state index is -0.330. The summed E-state index contributed by atoms with van der Waals surface area (Å²) in [5, 5.41) is 7.95. The van der Waals surface area contributed by atoms with Crippen molar-refractivity contribution in [3.8, 4) is 0 Å². The van der Waals surface area contributed by atoms with Gasteiger partial charge in [-0.2, -0.15) is 0 Å². The van der Waals surface area contributed by atoms with Gasteiger partial charge < -0.3 is 15.1 Å². The first-order valence-corrected chi connectivity index (χ1v) is 10.6. The second kappa shape index (κ2) is 11.8. The van der Waals surface area contributed by atoms with Crippen LogP contribution in [0.15, 0.2) is 33.5 Å². The Bertz CT molecular complexity index is 785. The molecule has 1 aromatic carbocycles. The number of rotatable bonds is 11. The molecule has 0 fully saturated rings. The summed E-state index contributed by atoms with van der Waals surface area (Å²) in [5.74, 6) is 0. The minimum absolute atomic E-state index is 0.330. The van der Waals surface area contributed by atoms with Crippen LogP contribution in [0.2, 0.25) is 0 Å². The lowest BCUT2D eigenvalue weighted by molar-refractivity contribution is 0.560. The van der Waals surface area contributed by atoms with Crippen molar-refractivity contribution in [1.82, 2.24) is 5.32 Å². The first-order valence-electron chi connectivity index (χ1n) is 10.2. The summed E-state index contributed by atoms with van der Waals surface area (Å²) in [6, 6.07) is 7.21. The monoisotopic (exact) mass is 388 g/mol. The second-order valence-electron chi connectivity index (χ2n) is 7.17. The molecule has 1 aromatic heterocycles. The Morgan fingerprint density at radius 3 is 2.37 bits per heavy atom. The van der Waals surface area contributed by atoms with E-state index >= 15 is 0 Å². The summed E-state index contributed by atoms with van der Waals surface area (Å²) >= 11 is 5.36. The topological polar surface area (TPSA) is 54.3 Å². The van der Waals surface area contributed by atoms with Crippen molar-refractivity contribution in [2.45, 2.75) is 71.6 Å². The van der Waals surface area contributed by atoms with Crippen molar-refractivity contribution in [3.63, 3.8) is 0 Å². The maximum absolute atomic E-state index is 11.5. The SMILES string of the molecule is CCCCCCCCCCCNC(=S)Nc1ccc2c(C)cc(=O)oc2c1. The molecular formula is C22H32N2O2S. The lowest BCUT2D eigenvalue weighted by Gasteiger charge is -2.11. The summed E-state index contributed by atoms with van der Waals surface area (Å²) in [6.45, 7) is 5.04. The van der Waals surface area contributed by atoms with Crippen LogP contribution in [0.1, 0.15) is 70.3 Å². The lowest BCUT2D eigenvalue weighted by atomic mass is 10.1. The van der Waals surface area contributed by atoms with Gasteiger partial charge >= 0.3 is 5.63 Å². The second-order valence-corrected chi connectivity index (χ2v) is 7.58. The Morgan fingerprint density at radius 2 is 1.67 bits per heavy atom. The lowest BCUT2D eigenvalue weighted by Crippen LogP contribution is -2.29. The highest BCUT2D eigenvalue weighted by Gasteiger charge is 2.04. The van der Waals surface area contributed by atoms with Gasteiger partial charge in [0.15, 0.2) is 5.11 Å². The fourth-order valence-corrected chi connectivity index (χ4v) is 3.44. The maximum atomic E-state index is 11.5. The van der Waals surface area contributed by atoms with Crippen LogP contribution < -0.4 is 16.3 Å². The van der Waals surface area contributed by atoms with Gasteiger partial charge in [-0.25, -0.2) is 4.79 Å². The van der Waals surface area contributed by atoms with Crippen molar-refractivity contribution in [2.24, 2.45) is 0 Å². The molecular weight excluding hydrogens is 356 g/mol. The number of nitrogens with one attached hydrogen (secondary N) is 2. The number of aryl methyl sites for hydroxylation is 1. The summed E-state index contributed by atoms with van der Waals surface area (Å²) in [7, 11) is 0. The van der Waals surface area contributed by atoms with E-state index in [9.17, 15) is 4.79 Å². The van der Waals surface area contributed by atoms with Crippen molar-refractivity contribution in [1.29, 1.82) is 0 Å². The van der Waals surface area contributed by atoms with Gasteiger partial charge in [0.05, 0.1) is 0 Å². The highest BCUT2D eigenvalue weighted by Crippen LogP contribution is 2.20. The van der Waals surface area contributed by atoms with E-state index in [1.807, 2.05) is 25.1 Å². The molecule has 0 bridgehead atoms. The number of fused-ring (bicyclic) bond motifs is 1. The molecule has 0 aliphatic rings. The van der Waals surface area contributed by atoms with Crippen LogP contribution in [0.5, 0.6) is 0 Å². The normalized spacial score (nSPS) is 10.9.